The molecule has 2 heterocycles. The molecule has 0 aliphatic heterocycles. The molecule has 18 heavy (non-hydrogen) atoms. The molecule has 100 valence electrons. The maximum absolute atomic E-state index is 3.88. The Hall–Kier alpha value is -1.70. The molecule has 2 nitrogen and oxygen atoms in total. The van der Waals surface area contributed by atoms with Crippen LogP contribution in [0.1, 0.15) is 39.7 Å². The largest absolute Gasteiger partial charge is 0.265 e. The minimum absolute atomic E-state index is 1.21. The molecule has 0 saturated heterocycles. The van der Waals surface area contributed by atoms with E-state index in [4.69, 9.17) is 0 Å². The molecule has 0 fully saturated rings. The van der Waals surface area contributed by atoms with Crippen molar-refractivity contribution >= 4 is 0 Å². The van der Waals surface area contributed by atoms with Gasteiger partial charge in [0.15, 0.2) is 0 Å². The van der Waals surface area contributed by atoms with E-state index in [2.05, 4.69) is 23.8 Å². The standard InChI is InChI=1S/C6H7N.C5H5N.C3H8.C2H6/c1-6-3-2-4-7-5-6;1-2-4-6-5-3-1;1-3-2;1-2/h2-5H,1H3;1-5H;3H2,1-2H3;1-2H3. The van der Waals surface area contributed by atoms with Gasteiger partial charge in [-0.3, -0.25) is 9.97 Å². The SMILES string of the molecule is CC.CCC.Cc1cccnc1.c1ccncc1. The van der Waals surface area contributed by atoms with E-state index in [1.807, 2.05) is 57.3 Å². The van der Waals surface area contributed by atoms with E-state index < -0.39 is 0 Å². The van der Waals surface area contributed by atoms with Crippen LogP contribution in [0.15, 0.2) is 55.1 Å². The van der Waals surface area contributed by atoms with Gasteiger partial charge in [0.2, 0.25) is 0 Å². The van der Waals surface area contributed by atoms with Crippen LogP contribution >= 0.6 is 0 Å². The molecule has 0 aliphatic carbocycles. The van der Waals surface area contributed by atoms with Gasteiger partial charge in [-0.2, -0.15) is 0 Å². The minimum Gasteiger partial charge on any atom is -0.265 e. The fraction of sp³-hybridized carbons (Fsp3) is 0.375. The van der Waals surface area contributed by atoms with Crippen LogP contribution in [0.25, 0.3) is 0 Å². The smallest absolute Gasteiger partial charge is 0.0297 e. The van der Waals surface area contributed by atoms with Crippen LogP contribution in [0.5, 0.6) is 0 Å². The predicted octanol–water partition coefficient (Wildman–Crippen LogP) is 4.91. The zero-order valence-electron chi connectivity index (χ0n) is 12.3. The predicted molar refractivity (Wildman–Crippen MR) is 80.5 cm³/mol. The average Bonchev–Trinajstić information content (AvgIpc) is 2.45. The van der Waals surface area contributed by atoms with Crippen LogP contribution in [0.2, 0.25) is 0 Å². The first-order valence-electron chi connectivity index (χ1n) is 6.52. The maximum atomic E-state index is 3.88. The average molecular weight is 246 g/mol. The lowest BCUT2D eigenvalue weighted by Crippen LogP contribution is -1.69. The fourth-order valence-corrected chi connectivity index (χ4v) is 0.761. The van der Waals surface area contributed by atoms with Crippen molar-refractivity contribution in [1.29, 1.82) is 0 Å². The van der Waals surface area contributed by atoms with E-state index in [1.165, 1.54) is 12.0 Å². The molecule has 2 heteroatoms. The topological polar surface area (TPSA) is 25.8 Å². The Morgan fingerprint density at radius 3 is 1.50 bits per heavy atom. The summed E-state index contributed by atoms with van der Waals surface area (Å²) in [5, 5.41) is 0. The molecular weight excluding hydrogens is 220 g/mol. The quantitative estimate of drug-likeness (QED) is 0.659. The summed E-state index contributed by atoms with van der Waals surface area (Å²) in [7, 11) is 0. The summed E-state index contributed by atoms with van der Waals surface area (Å²) in [4.78, 5) is 7.67. The van der Waals surface area contributed by atoms with Gasteiger partial charge in [-0.1, -0.05) is 46.2 Å². The van der Waals surface area contributed by atoms with Crippen LogP contribution in [0.4, 0.5) is 0 Å². The Labute approximate surface area is 112 Å². The number of aryl methyl sites for hydroxylation is 1. The highest BCUT2D eigenvalue weighted by atomic mass is 14.6. The third kappa shape index (κ3) is 16.7. The number of hydrogen-bond acceptors (Lipinski definition) is 2. The highest BCUT2D eigenvalue weighted by molar-refractivity contribution is 5.04. The highest BCUT2D eigenvalue weighted by Gasteiger charge is 1.73. The Morgan fingerprint density at radius 2 is 1.33 bits per heavy atom. The Morgan fingerprint density at radius 1 is 0.833 bits per heavy atom. The molecule has 0 radical (unpaired) electrons. The number of nitrogens with zero attached hydrogens (tertiary/aromatic N) is 2. The van der Waals surface area contributed by atoms with Gasteiger partial charge in [-0.25, -0.2) is 0 Å². The summed E-state index contributed by atoms with van der Waals surface area (Å²) in [6.07, 6.45) is 8.35. The monoisotopic (exact) mass is 246 g/mol. The zero-order chi connectivity index (χ0) is 14.1. The second kappa shape index (κ2) is 17.7. The molecule has 0 unspecified atom stereocenters. The normalized spacial score (nSPS) is 7.39. The Bertz CT molecular complexity index is 293. The van der Waals surface area contributed by atoms with Crippen molar-refractivity contribution in [2.24, 2.45) is 0 Å². The van der Waals surface area contributed by atoms with Gasteiger partial charge in [-0.05, 0) is 30.7 Å². The van der Waals surface area contributed by atoms with Gasteiger partial charge < -0.3 is 0 Å². The van der Waals surface area contributed by atoms with Crippen LogP contribution in [-0.4, -0.2) is 9.97 Å². The van der Waals surface area contributed by atoms with Crippen molar-refractivity contribution in [3.8, 4) is 0 Å². The second-order valence-electron chi connectivity index (χ2n) is 3.26. The van der Waals surface area contributed by atoms with Crippen molar-refractivity contribution in [3.05, 3.63) is 60.7 Å². The van der Waals surface area contributed by atoms with Crippen molar-refractivity contribution in [2.75, 3.05) is 0 Å². The lowest BCUT2D eigenvalue weighted by Gasteiger charge is -1.82. The Balaban J connectivity index is 0. The summed E-state index contributed by atoms with van der Waals surface area (Å²) in [6.45, 7) is 10.3. The molecule has 2 aromatic rings. The van der Waals surface area contributed by atoms with Crippen LogP contribution in [-0.2, 0) is 0 Å². The molecule has 0 amide bonds. The van der Waals surface area contributed by atoms with Crippen molar-refractivity contribution in [2.45, 2.75) is 41.0 Å². The molecule has 0 spiro atoms. The first-order chi connectivity index (χ1) is 8.81. The van der Waals surface area contributed by atoms with E-state index in [1.54, 1.807) is 18.6 Å². The lowest BCUT2D eigenvalue weighted by molar-refractivity contribution is 1.09. The first kappa shape index (κ1) is 18.7. The minimum atomic E-state index is 1.21. The molecular formula is C16H26N2. The van der Waals surface area contributed by atoms with E-state index in [-0.39, 0.29) is 0 Å². The highest BCUT2D eigenvalue weighted by Crippen LogP contribution is 1.88. The number of pyridine rings is 2. The summed E-state index contributed by atoms with van der Waals surface area (Å²) < 4.78 is 0. The van der Waals surface area contributed by atoms with Crippen molar-refractivity contribution in [1.82, 2.24) is 9.97 Å². The van der Waals surface area contributed by atoms with E-state index in [9.17, 15) is 0 Å². The zero-order valence-corrected chi connectivity index (χ0v) is 12.3. The van der Waals surface area contributed by atoms with Crippen LogP contribution in [0, 0.1) is 6.92 Å². The molecule has 0 N–H and O–H groups in total. The van der Waals surface area contributed by atoms with Gasteiger partial charge in [0, 0.05) is 24.8 Å². The molecule has 0 aliphatic rings. The van der Waals surface area contributed by atoms with Gasteiger partial charge in [-0.15, -0.1) is 0 Å². The third-order valence-corrected chi connectivity index (χ3v) is 1.38. The first-order valence-corrected chi connectivity index (χ1v) is 6.52. The third-order valence-electron chi connectivity index (χ3n) is 1.38. The molecule has 0 saturated carbocycles. The Kier molecular flexibility index (Phi) is 18.3. The van der Waals surface area contributed by atoms with Crippen LogP contribution < -0.4 is 0 Å². The summed E-state index contributed by atoms with van der Waals surface area (Å²) >= 11 is 0. The van der Waals surface area contributed by atoms with Crippen LogP contribution in [0.3, 0.4) is 0 Å². The van der Waals surface area contributed by atoms with Gasteiger partial charge in [0.05, 0.1) is 0 Å². The van der Waals surface area contributed by atoms with E-state index in [0.717, 1.165) is 0 Å². The second-order valence-corrected chi connectivity index (χ2v) is 3.26. The molecule has 0 aromatic carbocycles. The number of aromatic nitrogens is 2. The number of hydrogen-bond donors (Lipinski definition) is 0. The number of rotatable bonds is 0. The molecule has 0 atom stereocenters. The van der Waals surface area contributed by atoms with Crippen molar-refractivity contribution < 1.29 is 0 Å². The summed E-state index contributed by atoms with van der Waals surface area (Å²) in [6, 6.07) is 9.66. The lowest BCUT2D eigenvalue weighted by atomic mass is 10.3. The van der Waals surface area contributed by atoms with Crippen molar-refractivity contribution in [3.63, 3.8) is 0 Å². The molecule has 2 aromatic heterocycles. The van der Waals surface area contributed by atoms with Gasteiger partial charge in [0.25, 0.3) is 0 Å². The van der Waals surface area contributed by atoms with Gasteiger partial charge in [0.1, 0.15) is 0 Å². The maximum Gasteiger partial charge on any atom is 0.0297 e. The van der Waals surface area contributed by atoms with Gasteiger partial charge >= 0.3 is 0 Å². The fourth-order valence-electron chi connectivity index (χ4n) is 0.761. The summed E-state index contributed by atoms with van der Waals surface area (Å²) in [5.74, 6) is 0. The molecule has 2 rings (SSSR count). The van der Waals surface area contributed by atoms with E-state index in [0.29, 0.717) is 0 Å². The molecule has 0 bridgehead atoms. The summed E-state index contributed by atoms with van der Waals surface area (Å²) in [5.41, 5.74) is 1.21. The van der Waals surface area contributed by atoms with E-state index >= 15 is 0 Å².